The number of fused-ring (bicyclic) bond motifs is 1. The van der Waals surface area contributed by atoms with Gasteiger partial charge in [-0.05, 0) is 47.9 Å². The molecule has 1 aromatic carbocycles. The third-order valence-corrected chi connectivity index (χ3v) is 3.85. The second-order valence-electron chi connectivity index (χ2n) is 5.06. The molecule has 2 atom stereocenters. The standard InChI is InChI=1S/C15H20O3/c1-9-5-11(7-15(16)18-4)13-6-10(2)14(17-3)8-12(9)13/h6,8-9,11H,5,7H2,1-4H3/t9?,11-/m0/s1. The molecule has 0 saturated heterocycles. The predicted molar refractivity (Wildman–Crippen MR) is 70.1 cm³/mol. The Morgan fingerprint density at radius 1 is 1.33 bits per heavy atom. The molecule has 0 radical (unpaired) electrons. The van der Waals surface area contributed by atoms with E-state index in [0.717, 1.165) is 17.7 Å². The molecule has 98 valence electrons. The van der Waals surface area contributed by atoms with Crippen LogP contribution in [-0.4, -0.2) is 20.2 Å². The lowest BCUT2D eigenvalue weighted by molar-refractivity contribution is -0.141. The summed E-state index contributed by atoms with van der Waals surface area (Å²) in [6.07, 6.45) is 1.48. The van der Waals surface area contributed by atoms with E-state index in [1.54, 1.807) is 7.11 Å². The van der Waals surface area contributed by atoms with Crippen molar-refractivity contribution in [3.63, 3.8) is 0 Å². The van der Waals surface area contributed by atoms with E-state index in [2.05, 4.69) is 19.1 Å². The van der Waals surface area contributed by atoms with Crippen LogP contribution in [0.15, 0.2) is 12.1 Å². The van der Waals surface area contributed by atoms with Gasteiger partial charge in [-0.2, -0.15) is 0 Å². The minimum absolute atomic E-state index is 0.131. The van der Waals surface area contributed by atoms with Gasteiger partial charge in [0.15, 0.2) is 0 Å². The van der Waals surface area contributed by atoms with Crippen LogP contribution in [0.3, 0.4) is 0 Å². The van der Waals surface area contributed by atoms with Crippen LogP contribution in [-0.2, 0) is 9.53 Å². The maximum Gasteiger partial charge on any atom is 0.306 e. The van der Waals surface area contributed by atoms with E-state index in [1.807, 2.05) is 6.92 Å². The second kappa shape index (κ2) is 5.01. The van der Waals surface area contributed by atoms with Gasteiger partial charge in [0.05, 0.1) is 20.6 Å². The summed E-state index contributed by atoms with van der Waals surface area (Å²) in [6, 6.07) is 4.28. The molecule has 1 aliphatic rings. The maximum atomic E-state index is 11.4. The first-order chi connectivity index (χ1) is 8.56. The monoisotopic (exact) mass is 248 g/mol. The molecule has 0 heterocycles. The van der Waals surface area contributed by atoms with E-state index < -0.39 is 0 Å². The van der Waals surface area contributed by atoms with Gasteiger partial charge in [-0.3, -0.25) is 4.79 Å². The number of ether oxygens (including phenoxy) is 2. The normalized spacial score (nSPS) is 21.6. The zero-order chi connectivity index (χ0) is 13.3. The molecule has 1 aromatic rings. The Kier molecular flexibility index (Phi) is 3.60. The summed E-state index contributed by atoms with van der Waals surface area (Å²) in [5, 5.41) is 0. The van der Waals surface area contributed by atoms with Gasteiger partial charge in [0.25, 0.3) is 0 Å². The fourth-order valence-electron chi connectivity index (χ4n) is 2.88. The average molecular weight is 248 g/mol. The summed E-state index contributed by atoms with van der Waals surface area (Å²) >= 11 is 0. The van der Waals surface area contributed by atoms with Crippen LogP contribution >= 0.6 is 0 Å². The minimum Gasteiger partial charge on any atom is -0.496 e. The van der Waals surface area contributed by atoms with Gasteiger partial charge in [0, 0.05) is 0 Å². The van der Waals surface area contributed by atoms with Crippen molar-refractivity contribution in [2.24, 2.45) is 0 Å². The molecule has 0 aromatic heterocycles. The number of hydrogen-bond donors (Lipinski definition) is 0. The van der Waals surface area contributed by atoms with Crippen LogP contribution in [0.1, 0.15) is 48.3 Å². The Morgan fingerprint density at radius 2 is 2.06 bits per heavy atom. The molecular formula is C15H20O3. The highest BCUT2D eigenvalue weighted by molar-refractivity contribution is 5.71. The number of carbonyl (C=O) groups is 1. The van der Waals surface area contributed by atoms with E-state index >= 15 is 0 Å². The van der Waals surface area contributed by atoms with Gasteiger partial charge < -0.3 is 9.47 Å². The quantitative estimate of drug-likeness (QED) is 0.771. The van der Waals surface area contributed by atoms with Crippen molar-refractivity contribution < 1.29 is 14.3 Å². The molecule has 0 saturated carbocycles. The fraction of sp³-hybridized carbons (Fsp3) is 0.533. The Labute approximate surface area is 108 Å². The SMILES string of the molecule is COC(=O)C[C@@H]1CC(C)c2cc(OC)c(C)cc21. The van der Waals surface area contributed by atoms with Crippen LogP contribution in [0.5, 0.6) is 5.75 Å². The van der Waals surface area contributed by atoms with E-state index in [-0.39, 0.29) is 11.9 Å². The number of hydrogen-bond acceptors (Lipinski definition) is 3. The molecule has 3 nitrogen and oxygen atoms in total. The largest absolute Gasteiger partial charge is 0.496 e. The topological polar surface area (TPSA) is 35.5 Å². The van der Waals surface area contributed by atoms with Crippen molar-refractivity contribution in [3.8, 4) is 5.75 Å². The van der Waals surface area contributed by atoms with Crippen molar-refractivity contribution in [1.29, 1.82) is 0 Å². The number of methoxy groups -OCH3 is 2. The lowest BCUT2D eigenvalue weighted by atomic mass is 9.96. The molecule has 1 aliphatic carbocycles. The fourth-order valence-corrected chi connectivity index (χ4v) is 2.88. The summed E-state index contributed by atoms with van der Waals surface area (Å²) in [4.78, 5) is 11.4. The first-order valence-electron chi connectivity index (χ1n) is 6.32. The van der Waals surface area contributed by atoms with E-state index in [9.17, 15) is 4.79 Å². The molecule has 0 amide bonds. The average Bonchev–Trinajstić information content (AvgIpc) is 2.64. The van der Waals surface area contributed by atoms with Gasteiger partial charge in [-0.25, -0.2) is 0 Å². The van der Waals surface area contributed by atoms with E-state index in [0.29, 0.717) is 12.3 Å². The first-order valence-corrected chi connectivity index (χ1v) is 6.32. The van der Waals surface area contributed by atoms with Crippen LogP contribution in [0.2, 0.25) is 0 Å². The van der Waals surface area contributed by atoms with Crippen molar-refractivity contribution >= 4 is 5.97 Å². The predicted octanol–water partition coefficient (Wildman–Crippen LogP) is 3.16. The molecule has 0 spiro atoms. The van der Waals surface area contributed by atoms with Crippen LogP contribution in [0.25, 0.3) is 0 Å². The number of carbonyl (C=O) groups excluding carboxylic acids is 1. The van der Waals surface area contributed by atoms with E-state index in [1.165, 1.54) is 18.2 Å². The first kappa shape index (κ1) is 12.9. The smallest absolute Gasteiger partial charge is 0.306 e. The van der Waals surface area contributed by atoms with Crippen molar-refractivity contribution in [1.82, 2.24) is 0 Å². The second-order valence-corrected chi connectivity index (χ2v) is 5.06. The molecule has 0 fully saturated rings. The maximum absolute atomic E-state index is 11.4. The summed E-state index contributed by atoms with van der Waals surface area (Å²) in [7, 11) is 3.14. The third-order valence-electron chi connectivity index (χ3n) is 3.85. The summed E-state index contributed by atoms with van der Waals surface area (Å²) in [6.45, 7) is 4.24. The lowest BCUT2D eigenvalue weighted by Gasteiger charge is -2.12. The molecule has 3 heteroatoms. The van der Waals surface area contributed by atoms with Crippen LogP contribution < -0.4 is 4.74 Å². The molecule has 2 rings (SSSR count). The third kappa shape index (κ3) is 2.22. The summed E-state index contributed by atoms with van der Waals surface area (Å²) in [5.74, 6) is 1.56. The zero-order valence-corrected chi connectivity index (χ0v) is 11.4. The zero-order valence-electron chi connectivity index (χ0n) is 11.4. The van der Waals surface area contributed by atoms with Gasteiger partial charge in [-0.15, -0.1) is 0 Å². The summed E-state index contributed by atoms with van der Waals surface area (Å²) < 4.78 is 10.1. The van der Waals surface area contributed by atoms with Gasteiger partial charge in [0.2, 0.25) is 0 Å². The molecule has 0 bridgehead atoms. The molecule has 0 N–H and O–H groups in total. The highest BCUT2D eigenvalue weighted by atomic mass is 16.5. The number of aryl methyl sites for hydroxylation is 1. The summed E-state index contributed by atoms with van der Waals surface area (Å²) in [5.41, 5.74) is 3.72. The van der Waals surface area contributed by atoms with E-state index in [4.69, 9.17) is 9.47 Å². The van der Waals surface area contributed by atoms with Crippen molar-refractivity contribution in [2.75, 3.05) is 14.2 Å². The van der Waals surface area contributed by atoms with Crippen molar-refractivity contribution in [2.45, 2.75) is 38.5 Å². The van der Waals surface area contributed by atoms with Crippen LogP contribution in [0.4, 0.5) is 0 Å². The van der Waals surface area contributed by atoms with Gasteiger partial charge in [0.1, 0.15) is 5.75 Å². The Bertz CT molecular complexity index is 465. The van der Waals surface area contributed by atoms with Crippen molar-refractivity contribution in [3.05, 3.63) is 28.8 Å². The number of esters is 1. The van der Waals surface area contributed by atoms with Gasteiger partial charge in [-0.1, -0.05) is 13.0 Å². The molecular weight excluding hydrogens is 228 g/mol. The molecule has 1 unspecified atom stereocenters. The Morgan fingerprint density at radius 3 is 2.67 bits per heavy atom. The highest BCUT2D eigenvalue weighted by Gasteiger charge is 2.30. The highest BCUT2D eigenvalue weighted by Crippen LogP contribution is 2.45. The number of rotatable bonds is 3. The number of benzene rings is 1. The Balaban J connectivity index is 2.34. The molecule has 0 aliphatic heterocycles. The van der Waals surface area contributed by atoms with Crippen LogP contribution in [0, 0.1) is 6.92 Å². The van der Waals surface area contributed by atoms with Gasteiger partial charge >= 0.3 is 5.97 Å². The Hall–Kier alpha value is -1.51. The minimum atomic E-state index is -0.131. The lowest BCUT2D eigenvalue weighted by Crippen LogP contribution is -2.06. The molecule has 18 heavy (non-hydrogen) atoms.